The van der Waals surface area contributed by atoms with E-state index in [-0.39, 0.29) is 17.4 Å². The van der Waals surface area contributed by atoms with Crippen LogP contribution in [-0.2, 0) is 11.3 Å². The molecule has 2 aromatic rings. The average Bonchev–Trinajstić information content (AvgIpc) is 2.93. The highest BCUT2D eigenvalue weighted by Gasteiger charge is 2.09. The lowest BCUT2D eigenvalue weighted by Crippen LogP contribution is -2.28. The number of carboxylic acids is 1. The average molecular weight is 319 g/mol. The van der Waals surface area contributed by atoms with Gasteiger partial charge in [-0.15, -0.1) is 11.3 Å². The maximum Gasteiger partial charge on any atom is 0.345 e. The first kappa shape index (κ1) is 16.0. The Hall–Kier alpha value is -2.34. The van der Waals surface area contributed by atoms with Crippen molar-refractivity contribution in [2.24, 2.45) is 0 Å². The largest absolute Gasteiger partial charge is 0.483 e. The molecule has 1 aromatic heterocycles. The van der Waals surface area contributed by atoms with E-state index in [0.717, 1.165) is 33.1 Å². The standard InChI is InChI=1S/C16H17NO4S/c1-10-4-3-5-11(2)15(10)21-9-14(18)17-8-12-6-7-13(22-12)16(19)20/h3-7H,8-9H2,1-2H3,(H,17,18)(H,19,20). The van der Waals surface area contributed by atoms with Gasteiger partial charge in [-0.05, 0) is 37.1 Å². The molecule has 116 valence electrons. The van der Waals surface area contributed by atoms with Crippen LogP contribution in [0.2, 0.25) is 0 Å². The molecule has 0 aliphatic heterocycles. The van der Waals surface area contributed by atoms with E-state index in [1.807, 2.05) is 32.0 Å². The summed E-state index contributed by atoms with van der Waals surface area (Å²) in [5, 5.41) is 11.6. The van der Waals surface area contributed by atoms with E-state index in [4.69, 9.17) is 9.84 Å². The van der Waals surface area contributed by atoms with Crippen LogP contribution in [0.5, 0.6) is 5.75 Å². The zero-order valence-electron chi connectivity index (χ0n) is 12.4. The fourth-order valence-corrected chi connectivity index (χ4v) is 2.78. The maximum atomic E-state index is 11.8. The third-order valence-corrected chi connectivity index (χ3v) is 4.16. The first-order valence-electron chi connectivity index (χ1n) is 6.75. The molecule has 0 bridgehead atoms. The molecule has 0 aliphatic carbocycles. The van der Waals surface area contributed by atoms with Gasteiger partial charge in [0.1, 0.15) is 10.6 Å². The number of carbonyl (C=O) groups is 2. The molecule has 2 rings (SSSR count). The molecule has 5 nitrogen and oxygen atoms in total. The topological polar surface area (TPSA) is 75.6 Å². The molecule has 2 N–H and O–H groups in total. The fraction of sp³-hybridized carbons (Fsp3) is 0.250. The van der Waals surface area contributed by atoms with Gasteiger partial charge in [0.2, 0.25) is 0 Å². The number of hydrogen-bond donors (Lipinski definition) is 2. The van der Waals surface area contributed by atoms with E-state index >= 15 is 0 Å². The van der Waals surface area contributed by atoms with Crippen LogP contribution in [-0.4, -0.2) is 23.6 Å². The van der Waals surface area contributed by atoms with Crippen LogP contribution in [0.3, 0.4) is 0 Å². The van der Waals surface area contributed by atoms with Crippen molar-refractivity contribution in [2.45, 2.75) is 20.4 Å². The van der Waals surface area contributed by atoms with Gasteiger partial charge in [0.15, 0.2) is 6.61 Å². The van der Waals surface area contributed by atoms with Crippen LogP contribution in [0.25, 0.3) is 0 Å². The highest BCUT2D eigenvalue weighted by atomic mass is 32.1. The lowest BCUT2D eigenvalue weighted by atomic mass is 10.1. The number of para-hydroxylation sites is 1. The van der Waals surface area contributed by atoms with E-state index in [1.54, 1.807) is 6.07 Å². The predicted molar refractivity (Wildman–Crippen MR) is 84.5 cm³/mol. The summed E-state index contributed by atoms with van der Waals surface area (Å²) in [7, 11) is 0. The number of ether oxygens (including phenoxy) is 1. The number of thiophene rings is 1. The number of amides is 1. The van der Waals surface area contributed by atoms with Crippen molar-refractivity contribution in [2.75, 3.05) is 6.61 Å². The normalized spacial score (nSPS) is 10.3. The second kappa shape index (κ2) is 7.09. The minimum atomic E-state index is -0.957. The van der Waals surface area contributed by atoms with Crippen molar-refractivity contribution in [1.82, 2.24) is 5.32 Å². The lowest BCUT2D eigenvalue weighted by molar-refractivity contribution is -0.123. The van der Waals surface area contributed by atoms with E-state index in [9.17, 15) is 9.59 Å². The number of aryl methyl sites for hydroxylation is 2. The van der Waals surface area contributed by atoms with Crippen molar-refractivity contribution in [3.63, 3.8) is 0 Å². The van der Waals surface area contributed by atoms with E-state index in [1.165, 1.54) is 6.07 Å². The number of carboxylic acid groups (broad SMARTS) is 1. The number of aromatic carboxylic acids is 1. The van der Waals surface area contributed by atoms with Gasteiger partial charge in [0.05, 0.1) is 6.54 Å². The molecular formula is C16H17NO4S. The van der Waals surface area contributed by atoms with E-state index in [2.05, 4.69) is 5.32 Å². The number of hydrogen-bond acceptors (Lipinski definition) is 4. The van der Waals surface area contributed by atoms with Crippen LogP contribution < -0.4 is 10.1 Å². The Balaban J connectivity index is 1.84. The lowest BCUT2D eigenvalue weighted by Gasteiger charge is -2.11. The van der Waals surface area contributed by atoms with E-state index < -0.39 is 5.97 Å². The van der Waals surface area contributed by atoms with Crippen LogP contribution in [0.1, 0.15) is 25.7 Å². The molecule has 0 spiro atoms. The molecule has 0 radical (unpaired) electrons. The Morgan fingerprint density at radius 3 is 2.45 bits per heavy atom. The van der Waals surface area contributed by atoms with Gasteiger partial charge in [-0.2, -0.15) is 0 Å². The predicted octanol–water partition coefficient (Wildman–Crippen LogP) is 2.76. The Morgan fingerprint density at radius 1 is 1.18 bits per heavy atom. The molecule has 0 saturated carbocycles. The monoisotopic (exact) mass is 319 g/mol. The molecular weight excluding hydrogens is 302 g/mol. The molecule has 0 aliphatic rings. The Kier molecular flexibility index (Phi) is 5.16. The van der Waals surface area contributed by atoms with Crippen molar-refractivity contribution >= 4 is 23.2 Å². The van der Waals surface area contributed by atoms with Gasteiger partial charge in [-0.3, -0.25) is 4.79 Å². The summed E-state index contributed by atoms with van der Waals surface area (Å²) in [6.07, 6.45) is 0. The third kappa shape index (κ3) is 4.08. The minimum absolute atomic E-state index is 0.0666. The second-order valence-corrected chi connectivity index (χ2v) is 6.03. The summed E-state index contributed by atoms with van der Waals surface area (Å²) in [6, 6.07) is 9.02. The van der Waals surface area contributed by atoms with Crippen molar-refractivity contribution < 1.29 is 19.4 Å². The minimum Gasteiger partial charge on any atom is -0.483 e. The molecule has 0 atom stereocenters. The Labute approximate surface area is 132 Å². The molecule has 0 unspecified atom stereocenters. The summed E-state index contributed by atoms with van der Waals surface area (Å²) < 4.78 is 5.56. The van der Waals surface area contributed by atoms with Gasteiger partial charge in [0.25, 0.3) is 5.91 Å². The molecule has 1 heterocycles. The molecule has 22 heavy (non-hydrogen) atoms. The van der Waals surface area contributed by atoms with Gasteiger partial charge >= 0.3 is 5.97 Å². The van der Waals surface area contributed by atoms with Crippen molar-refractivity contribution in [1.29, 1.82) is 0 Å². The van der Waals surface area contributed by atoms with Crippen LogP contribution in [0, 0.1) is 13.8 Å². The number of carbonyl (C=O) groups excluding carboxylic acids is 1. The van der Waals surface area contributed by atoms with Crippen LogP contribution in [0.4, 0.5) is 0 Å². The highest BCUT2D eigenvalue weighted by molar-refractivity contribution is 7.13. The zero-order valence-corrected chi connectivity index (χ0v) is 13.2. The van der Waals surface area contributed by atoms with Gasteiger partial charge in [-0.1, -0.05) is 18.2 Å². The number of benzene rings is 1. The van der Waals surface area contributed by atoms with Crippen LogP contribution in [0.15, 0.2) is 30.3 Å². The van der Waals surface area contributed by atoms with Gasteiger partial charge in [0, 0.05) is 4.88 Å². The summed E-state index contributed by atoms with van der Waals surface area (Å²) in [4.78, 5) is 23.6. The SMILES string of the molecule is Cc1cccc(C)c1OCC(=O)NCc1ccc(C(=O)O)s1. The van der Waals surface area contributed by atoms with Crippen LogP contribution >= 0.6 is 11.3 Å². The van der Waals surface area contributed by atoms with Crippen molar-refractivity contribution in [3.05, 3.63) is 51.2 Å². The smallest absolute Gasteiger partial charge is 0.345 e. The third-order valence-electron chi connectivity index (χ3n) is 3.09. The number of nitrogens with one attached hydrogen (secondary N) is 1. The molecule has 0 fully saturated rings. The first-order chi connectivity index (χ1) is 10.5. The highest BCUT2D eigenvalue weighted by Crippen LogP contribution is 2.22. The van der Waals surface area contributed by atoms with Crippen molar-refractivity contribution in [3.8, 4) is 5.75 Å². The number of rotatable bonds is 6. The zero-order chi connectivity index (χ0) is 16.1. The van der Waals surface area contributed by atoms with Gasteiger partial charge < -0.3 is 15.2 Å². The summed E-state index contributed by atoms with van der Waals surface area (Å²) >= 11 is 1.15. The second-order valence-electron chi connectivity index (χ2n) is 4.86. The molecule has 0 saturated heterocycles. The molecule has 1 amide bonds. The first-order valence-corrected chi connectivity index (χ1v) is 7.56. The maximum absolute atomic E-state index is 11.8. The quantitative estimate of drug-likeness (QED) is 0.858. The summed E-state index contributed by atoms with van der Waals surface area (Å²) in [6.45, 7) is 4.09. The summed E-state index contributed by atoms with van der Waals surface area (Å²) in [5.41, 5.74) is 1.97. The fourth-order valence-electron chi connectivity index (χ4n) is 1.99. The summed E-state index contributed by atoms with van der Waals surface area (Å²) in [5.74, 6) is -0.476. The van der Waals surface area contributed by atoms with E-state index in [0.29, 0.717) is 6.54 Å². The molecule has 6 heteroatoms. The molecule has 1 aromatic carbocycles. The van der Waals surface area contributed by atoms with Gasteiger partial charge in [-0.25, -0.2) is 4.79 Å². The Morgan fingerprint density at radius 2 is 1.86 bits per heavy atom. The Bertz CT molecular complexity index is 673.